The smallest absolute Gasteiger partial charge is 0.104 e. The zero-order valence-electron chi connectivity index (χ0n) is 11.0. The Morgan fingerprint density at radius 2 is 2.17 bits per heavy atom. The molecule has 4 heteroatoms. The lowest BCUT2D eigenvalue weighted by Gasteiger charge is -2.35. The van der Waals surface area contributed by atoms with Gasteiger partial charge in [-0.1, -0.05) is 6.07 Å². The average molecular weight is 261 g/mol. The molecular weight excluding hydrogens is 242 g/mol. The van der Waals surface area contributed by atoms with Crippen LogP contribution in [0.4, 0.5) is 0 Å². The Kier molecular flexibility index (Phi) is 4.26. The second kappa shape index (κ2) is 5.73. The van der Waals surface area contributed by atoms with Crippen LogP contribution < -0.4 is 0 Å². The maximum Gasteiger partial charge on any atom is 0.104 e. The lowest BCUT2D eigenvalue weighted by molar-refractivity contribution is 0.207. The summed E-state index contributed by atoms with van der Waals surface area (Å²) in [5.41, 5.74) is 2.20. The van der Waals surface area contributed by atoms with Crippen molar-refractivity contribution < 1.29 is 0 Å². The lowest BCUT2D eigenvalue weighted by Crippen LogP contribution is -2.41. The van der Waals surface area contributed by atoms with E-state index in [-0.39, 0.29) is 4.75 Å². The zero-order valence-corrected chi connectivity index (χ0v) is 11.8. The van der Waals surface area contributed by atoms with E-state index in [9.17, 15) is 5.26 Å². The highest BCUT2D eigenvalue weighted by atomic mass is 32.2. The third-order valence-electron chi connectivity index (χ3n) is 3.59. The van der Waals surface area contributed by atoms with Crippen molar-refractivity contribution in [2.75, 3.05) is 19.3 Å². The largest absolute Gasteiger partial charge is 0.297 e. The van der Waals surface area contributed by atoms with Crippen LogP contribution in [0.15, 0.2) is 18.2 Å². The summed E-state index contributed by atoms with van der Waals surface area (Å²) in [4.78, 5) is 6.93. The number of likely N-dealkylation sites (tertiary alicyclic amines) is 1. The van der Waals surface area contributed by atoms with E-state index in [1.807, 2.05) is 19.2 Å². The first-order valence-corrected chi connectivity index (χ1v) is 7.51. The highest BCUT2D eigenvalue weighted by Gasteiger charge is 2.33. The molecule has 1 aliphatic rings. The highest BCUT2D eigenvalue weighted by molar-refractivity contribution is 8.00. The van der Waals surface area contributed by atoms with E-state index in [4.69, 9.17) is 0 Å². The molecule has 0 unspecified atom stereocenters. The van der Waals surface area contributed by atoms with Crippen LogP contribution >= 0.6 is 11.8 Å². The van der Waals surface area contributed by atoms with Crippen molar-refractivity contribution in [3.63, 3.8) is 0 Å². The van der Waals surface area contributed by atoms with Crippen LogP contribution in [0.2, 0.25) is 0 Å². The van der Waals surface area contributed by atoms with Gasteiger partial charge in [-0.05, 0) is 38.2 Å². The SMILES string of the molecule is CSC1(C#N)CCN(Cc2cccc(C)n2)CC1. The first-order chi connectivity index (χ1) is 8.67. The van der Waals surface area contributed by atoms with Gasteiger partial charge in [-0.25, -0.2) is 0 Å². The number of nitrogens with zero attached hydrogens (tertiary/aromatic N) is 3. The molecule has 1 fully saturated rings. The molecule has 1 aliphatic heterocycles. The molecule has 0 saturated carbocycles. The van der Waals surface area contributed by atoms with Crippen LogP contribution in [0.3, 0.4) is 0 Å². The van der Waals surface area contributed by atoms with Crippen molar-refractivity contribution in [3.05, 3.63) is 29.6 Å². The highest BCUT2D eigenvalue weighted by Crippen LogP contribution is 2.33. The minimum atomic E-state index is -0.156. The molecule has 0 aliphatic carbocycles. The molecule has 0 aromatic carbocycles. The van der Waals surface area contributed by atoms with Crippen molar-refractivity contribution in [2.45, 2.75) is 31.1 Å². The van der Waals surface area contributed by atoms with Crippen LogP contribution in [-0.2, 0) is 6.54 Å². The minimum Gasteiger partial charge on any atom is -0.297 e. The van der Waals surface area contributed by atoms with Gasteiger partial charge < -0.3 is 0 Å². The first kappa shape index (κ1) is 13.4. The number of pyridine rings is 1. The maximum atomic E-state index is 9.25. The molecule has 96 valence electrons. The summed E-state index contributed by atoms with van der Waals surface area (Å²) in [5, 5.41) is 9.25. The van der Waals surface area contributed by atoms with E-state index in [1.165, 1.54) is 0 Å². The van der Waals surface area contributed by atoms with Gasteiger partial charge >= 0.3 is 0 Å². The van der Waals surface area contributed by atoms with Gasteiger partial charge in [0.2, 0.25) is 0 Å². The van der Waals surface area contributed by atoms with Crippen LogP contribution in [0, 0.1) is 18.3 Å². The van der Waals surface area contributed by atoms with E-state index >= 15 is 0 Å². The van der Waals surface area contributed by atoms with Gasteiger partial charge in [-0.15, -0.1) is 11.8 Å². The van der Waals surface area contributed by atoms with Crippen molar-refractivity contribution in [1.82, 2.24) is 9.88 Å². The molecule has 1 aromatic rings. The third kappa shape index (κ3) is 3.04. The van der Waals surface area contributed by atoms with Crippen LogP contribution in [0.1, 0.15) is 24.2 Å². The van der Waals surface area contributed by atoms with Crippen molar-refractivity contribution in [3.8, 4) is 6.07 Å². The molecule has 3 nitrogen and oxygen atoms in total. The summed E-state index contributed by atoms with van der Waals surface area (Å²) in [6.45, 7) is 4.90. The summed E-state index contributed by atoms with van der Waals surface area (Å²) in [7, 11) is 0. The van der Waals surface area contributed by atoms with Gasteiger partial charge in [0, 0.05) is 25.3 Å². The van der Waals surface area contributed by atoms with E-state index < -0.39 is 0 Å². The van der Waals surface area contributed by atoms with Gasteiger partial charge in [0.1, 0.15) is 4.75 Å². The molecule has 0 bridgehead atoms. The topological polar surface area (TPSA) is 39.9 Å². The van der Waals surface area contributed by atoms with E-state index in [0.29, 0.717) is 0 Å². The predicted octanol–water partition coefficient (Wildman–Crippen LogP) is 2.61. The van der Waals surface area contributed by atoms with E-state index in [2.05, 4.69) is 28.1 Å². The molecule has 0 N–H and O–H groups in total. The Labute approximate surface area is 113 Å². The van der Waals surface area contributed by atoms with E-state index in [1.54, 1.807) is 11.8 Å². The second-order valence-electron chi connectivity index (χ2n) is 4.86. The number of aromatic nitrogens is 1. The number of hydrogen-bond acceptors (Lipinski definition) is 4. The number of piperidine rings is 1. The molecule has 1 saturated heterocycles. The Morgan fingerprint density at radius 1 is 1.44 bits per heavy atom. The summed E-state index contributed by atoms with van der Waals surface area (Å²) in [6.07, 6.45) is 3.95. The Hall–Kier alpha value is -1.05. The van der Waals surface area contributed by atoms with Gasteiger partial charge in [0.15, 0.2) is 0 Å². The molecule has 2 rings (SSSR count). The fourth-order valence-corrected chi connectivity index (χ4v) is 3.03. The monoisotopic (exact) mass is 261 g/mol. The quantitative estimate of drug-likeness (QED) is 0.838. The number of rotatable bonds is 3. The molecule has 0 atom stereocenters. The molecule has 2 heterocycles. The Balaban J connectivity index is 1.93. The third-order valence-corrected chi connectivity index (χ3v) is 4.87. The summed E-state index contributed by atoms with van der Waals surface area (Å²) in [5.74, 6) is 0. The molecule has 18 heavy (non-hydrogen) atoms. The number of aryl methyl sites for hydroxylation is 1. The summed E-state index contributed by atoms with van der Waals surface area (Å²) in [6, 6.07) is 8.64. The summed E-state index contributed by atoms with van der Waals surface area (Å²) < 4.78 is -0.156. The normalized spacial score (nSPS) is 19.4. The van der Waals surface area contributed by atoms with Gasteiger partial charge in [0.05, 0.1) is 11.8 Å². The van der Waals surface area contributed by atoms with E-state index in [0.717, 1.165) is 43.9 Å². The molecule has 0 spiro atoms. The van der Waals surface area contributed by atoms with Crippen molar-refractivity contribution in [2.24, 2.45) is 0 Å². The fraction of sp³-hybridized carbons (Fsp3) is 0.571. The Bertz CT molecular complexity index is 445. The number of nitriles is 1. The minimum absolute atomic E-state index is 0.156. The fourth-order valence-electron chi connectivity index (χ4n) is 2.35. The predicted molar refractivity (Wildman–Crippen MR) is 75.3 cm³/mol. The first-order valence-electron chi connectivity index (χ1n) is 6.29. The molecule has 0 amide bonds. The number of thioether (sulfide) groups is 1. The van der Waals surface area contributed by atoms with Crippen LogP contribution in [0.5, 0.6) is 0 Å². The molecular formula is C14H19N3S. The lowest BCUT2D eigenvalue weighted by atomic mass is 9.97. The molecule has 0 radical (unpaired) electrons. The maximum absolute atomic E-state index is 9.25. The van der Waals surface area contributed by atoms with Crippen molar-refractivity contribution in [1.29, 1.82) is 5.26 Å². The Morgan fingerprint density at radius 3 is 2.72 bits per heavy atom. The molecule has 1 aromatic heterocycles. The van der Waals surface area contributed by atoms with Gasteiger partial charge in [0.25, 0.3) is 0 Å². The van der Waals surface area contributed by atoms with Gasteiger partial charge in [-0.3, -0.25) is 9.88 Å². The standard InChI is InChI=1S/C14H19N3S/c1-12-4-3-5-13(16-12)10-17-8-6-14(11-15,18-2)7-9-17/h3-5H,6-10H2,1-2H3. The van der Waals surface area contributed by atoms with Crippen LogP contribution in [0.25, 0.3) is 0 Å². The zero-order chi connectivity index (χ0) is 13.0. The van der Waals surface area contributed by atoms with Gasteiger partial charge in [-0.2, -0.15) is 5.26 Å². The average Bonchev–Trinajstić information content (AvgIpc) is 2.40. The second-order valence-corrected chi connectivity index (χ2v) is 6.05. The van der Waals surface area contributed by atoms with Crippen LogP contribution in [-0.4, -0.2) is 34.0 Å². The summed E-state index contributed by atoms with van der Waals surface area (Å²) >= 11 is 1.70. The van der Waals surface area contributed by atoms with Crippen molar-refractivity contribution >= 4 is 11.8 Å². The number of hydrogen-bond donors (Lipinski definition) is 0.